The molecule has 1 amide bonds. The third kappa shape index (κ3) is 4.85. The molecular weight excluding hydrogens is 338 g/mol. The van der Waals surface area contributed by atoms with Crippen LogP contribution in [0.4, 0.5) is 0 Å². The van der Waals surface area contributed by atoms with E-state index in [1.54, 1.807) is 12.1 Å². The maximum atomic E-state index is 11.9. The van der Waals surface area contributed by atoms with Crippen LogP contribution in [0.3, 0.4) is 0 Å². The van der Waals surface area contributed by atoms with Gasteiger partial charge >= 0.3 is 5.97 Å². The third-order valence-electron chi connectivity index (χ3n) is 3.52. The molecule has 8 heteroatoms. The number of benzene rings is 1. The SMILES string of the molecule is COc1cc(C=NNC(=O)Cc2cccn2C)cc(OC)c1OC(C)=O. The topological polar surface area (TPSA) is 91.2 Å². The number of hydrogen-bond donors (Lipinski definition) is 1. The minimum atomic E-state index is -0.490. The largest absolute Gasteiger partial charge is 0.493 e. The van der Waals surface area contributed by atoms with E-state index in [0.29, 0.717) is 17.1 Å². The molecule has 0 unspecified atom stereocenters. The average Bonchev–Trinajstić information content (AvgIpc) is 3.00. The van der Waals surface area contributed by atoms with Gasteiger partial charge in [0, 0.05) is 31.4 Å². The number of hydrazone groups is 1. The minimum Gasteiger partial charge on any atom is -0.493 e. The predicted molar refractivity (Wildman–Crippen MR) is 95.7 cm³/mol. The molecule has 138 valence electrons. The van der Waals surface area contributed by atoms with Gasteiger partial charge in [0.15, 0.2) is 11.5 Å². The van der Waals surface area contributed by atoms with E-state index in [4.69, 9.17) is 14.2 Å². The summed E-state index contributed by atoms with van der Waals surface area (Å²) < 4.78 is 17.5. The molecule has 2 rings (SSSR count). The fourth-order valence-electron chi connectivity index (χ4n) is 2.28. The number of carbonyl (C=O) groups excluding carboxylic acids is 2. The van der Waals surface area contributed by atoms with Crippen LogP contribution in [0.5, 0.6) is 17.2 Å². The first-order chi connectivity index (χ1) is 12.4. The molecule has 0 aliphatic rings. The molecule has 2 aromatic rings. The van der Waals surface area contributed by atoms with Crippen molar-refractivity contribution in [3.8, 4) is 17.2 Å². The van der Waals surface area contributed by atoms with Crippen molar-refractivity contribution in [3.05, 3.63) is 41.7 Å². The van der Waals surface area contributed by atoms with Crippen LogP contribution in [0.15, 0.2) is 35.6 Å². The van der Waals surface area contributed by atoms with Crippen LogP contribution in [0.1, 0.15) is 18.2 Å². The van der Waals surface area contributed by atoms with Crippen LogP contribution < -0.4 is 19.6 Å². The highest BCUT2D eigenvalue weighted by molar-refractivity contribution is 5.85. The lowest BCUT2D eigenvalue weighted by Crippen LogP contribution is -2.20. The molecule has 0 aliphatic heterocycles. The normalized spacial score (nSPS) is 10.6. The quantitative estimate of drug-likeness (QED) is 0.351. The van der Waals surface area contributed by atoms with Crippen molar-refractivity contribution in [2.45, 2.75) is 13.3 Å². The van der Waals surface area contributed by atoms with E-state index in [1.807, 2.05) is 29.9 Å². The highest BCUT2D eigenvalue weighted by atomic mass is 16.6. The lowest BCUT2D eigenvalue weighted by Gasteiger charge is -2.13. The summed E-state index contributed by atoms with van der Waals surface area (Å²) in [5.74, 6) is 0.0918. The highest BCUT2D eigenvalue weighted by Gasteiger charge is 2.15. The van der Waals surface area contributed by atoms with Crippen LogP contribution in [-0.4, -0.2) is 36.9 Å². The maximum absolute atomic E-state index is 11.9. The molecule has 1 aromatic heterocycles. The Kier molecular flexibility index (Phi) is 6.37. The summed E-state index contributed by atoms with van der Waals surface area (Å²) in [6, 6.07) is 6.98. The minimum absolute atomic E-state index is 0.187. The van der Waals surface area contributed by atoms with Gasteiger partial charge in [-0.3, -0.25) is 9.59 Å². The van der Waals surface area contributed by atoms with E-state index in [0.717, 1.165) is 5.69 Å². The van der Waals surface area contributed by atoms with E-state index >= 15 is 0 Å². The van der Waals surface area contributed by atoms with Gasteiger partial charge in [-0.05, 0) is 24.3 Å². The molecule has 0 atom stereocenters. The Bertz CT molecular complexity index is 801. The molecule has 0 saturated heterocycles. The smallest absolute Gasteiger partial charge is 0.308 e. The van der Waals surface area contributed by atoms with Crippen LogP contribution in [-0.2, 0) is 23.1 Å². The van der Waals surface area contributed by atoms with Crippen LogP contribution >= 0.6 is 0 Å². The molecule has 1 N–H and O–H groups in total. The number of nitrogens with one attached hydrogen (secondary N) is 1. The third-order valence-corrected chi connectivity index (χ3v) is 3.52. The molecule has 0 spiro atoms. The van der Waals surface area contributed by atoms with Crippen molar-refractivity contribution < 1.29 is 23.8 Å². The molecule has 1 heterocycles. The zero-order chi connectivity index (χ0) is 19.1. The molecule has 0 fully saturated rings. The molecular formula is C18H21N3O5. The first kappa shape index (κ1) is 19.0. The first-order valence-corrected chi connectivity index (χ1v) is 7.81. The number of ether oxygens (including phenoxy) is 3. The summed E-state index contributed by atoms with van der Waals surface area (Å²) in [6.45, 7) is 1.29. The van der Waals surface area contributed by atoms with Crippen molar-refractivity contribution in [2.24, 2.45) is 12.1 Å². The van der Waals surface area contributed by atoms with Crippen LogP contribution in [0, 0.1) is 0 Å². The van der Waals surface area contributed by atoms with Crippen molar-refractivity contribution in [1.29, 1.82) is 0 Å². The number of nitrogens with zero attached hydrogens (tertiary/aromatic N) is 2. The second kappa shape index (κ2) is 8.70. The van der Waals surface area contributed by atoms with Crippen molar-refractivity contribution in [1.82, 2.24) is 9.99 Å². The Morgan fingerprint density at radius 1 is 1.23 bits per heavy atom. The van der Waals surface area contributed by atoms with Crippen molar-refractivity contribution in [3.63, 3.8) is 0 Å². The molecule has 1 aromatic carbocycles. The lowest BCUT2D eigenvalue weighted by atomic mass is 10.2. The second-order valence-corrected chi connectivity index (χ2v) is 5.43. The fraction of sp³-hybridized carbons (Fsp3) is 0.278. The van der Waals surface area contributed by atoms with E-state index in [1.165, 1.54) is 27.4 Å². The van der Waals surface area contributed by atoms with E-state index in [2.05, 4.69) is 10.5 Å². The Morgan fingerprint density at radius 2 is 1.88 bits per heavy atom. The maximum Gasteiger partial charge on any atom is 0.308 e. The Morgan fingerprint density at radius 3 is 2.38 bits per heavy atom. The monoisotopic (exact) mass is 359 g/mol. The Labute approximate surface area is 151 Å². The van der Waals surface area contributed by atoms with E-state index < -0.39 is 5.97 Å². The number of carbonyl (C=O) groups is 2. The van der Waals surface area contributed by atoms with Gasteiger partial charge in [-0.2, -0.15) is 5.10 Å². The standard InChI is InChI=1S/C18H21N3O5/c1-12(22)26-18-15(24-3)8-13(9-16(18)25-4)11-19-20-17(23)10-14-6-5-7-21(14)2/h5-9,11H,10H2,1-4H3,(H,20,23). The van der Waals surface area contributed by atoms with Gasteiger partial charge in [0.25, 0.3) is 0 Å². The summed E-state index contributed by atoms with van der Waals surface area (Å²) >= 11 is 0. The predicted octanol–water partition coefficient (Wildman–Crippen LogP) is 1.66. The Balaban J connectivity index is 2.10. The highest BCUT2D eigenvalue weighted by Crippen LogP contribution is 2.38. The first-order valence-electron chi connectivity index (χ1n) is 7.81. The van der Waals surface area contributed by atoms with Crippen LogP contribution in [0.2, 0.25) is 0 Å². The zero-order valence-electron chi connectivity index (χ0n) is 15.1. The summed E-state index contributed by atoms with van der Waals surface area (Å²) in [5.41, 5.74) is 3.96. The zero-order valence-corrected chi connectivity index (χ0v) is 15.1. The van der Waals surface area contributed by atoms with Crippen molar-refractivity contribution >= 4 is 18.1 Å². The molecule has 0 saturated carbocycles. The van der Waals surface area contributed by atoms with E-state index in [-0.39, 0.29) is 18.1 Å². The summed E-state index contributed by atoms with van der Waals surface area (Å²) in [4.78, 5) is 23.2. The fourth-order valence-corrected chi connectivity index (χ4v) is 2.28. The Hall–Kier alpha value is -3.29. The number of esters is 1. The van der Waals surface area contributed by atoms with Gasteiger partial charge in [0.05, 0.1) is 26.9 Å². The van der Waals surface area contributed by atoms with E-state index in [9.17, 15) is 9.59 Å². The van der Waals surface area contributed by atoms with Gasteiger partial charge < -0.3 is 18.8 Å². The second-order valence-electron chi connectivity index (χ2n) is 5.43. The molecule has 0 aliphatic carbocycles. The molecule has 0 bridgehead atoms. The summed E-state index contributed by atoms with van der Waals surface area (Å²) in [6.07, 6.45) is 3.54. The van der Waals surface area contributed by atoms with Crippen LogP contribution in [0.25, 0.3) is 0 Å². The number of aryl methyl sites for hydroxylation is 1. The number of hydrogen-bond acceptors (Lipinski definition) is 6. The summed E-state index contributed by atoms with van der Waals surface area (Å²) in [5, 5.41) is 3.94. The lowest BCUT2D eigenvalue weighted by molar-refractivity contribution is -0.132. The van der Waals surface area contributed by atoms with Gasteiger partial charge in [-0.1, -0.05) is 0 Å². The average molecular weight is 359 g/mol. The number of amides is 1. The van der Waals surface area contributed by atoms with Gasteiger partial charge in [-0.15, -0.1) is 0 Å². The molecule has 8 nitrogen and oxygen atoms in total. The number of aromatic nitrogens is 1. The number of methoxy groups -OCH3 is 2. The van der Waals surface area contributed by atoms with Gasteiger partial charge in [0.1, 0.15) is 0 Å². The molecule has 26 heavy (non-hydrogen) atoms. The van der Waals surface area contributed by atoms with Crippen molar-refractivity contribution in [2.75, 3.05) is 14.2 Å². The van der Waals surface area contributed by atoms with Gasteiger partial charge in [0.2, 0.25) is 11.7 Å². The summed E-state index contributed by atoms with van der Waals surface area (Å²) in [7, 11) is 4.77. The number of rotatable bonds is 7. The molecule has 0 radical (unpaired) electrons. The van der Waals surface area contributed by atoms with Gasteiger partial charge in [-0.25, -0.2) is 5.43 Å².